The molecule has 0 amide bonds. The summed E-state index contributed by atoms with van der Waals surface area (Å²) in [5, 5.41) is 8.72. The van der Waals surface area contributed by atoms with Crippen LogP contribution in [0.3, 0.4) is 0 Å². The SMILES string of the molecule is CC(CC(=O)O)c1ncc(-c2ccncc2)[nH]1. The molecule has 0 aliphatic heterocycles. The summed E-state index contributed by atoms with van der Waals surface area (Å²) in [5.74, 6) is -0.248. The van der Waals surface area contributed by atoms with Gasteiger partial charge in [-0.1, -0.05) is 6.92 Å². The molecule has 1 unspecified atom stereocenters. The van der Waals surface area contributed by atoms with E-state index in [0.29, 0.717) is 5.82 Å². The Bertz CT molecular complexity index is 507. The molecule has 0 fully saturated rings. The summed E-state index contributed by atoms with van der Waals surface area (Å²) in [5.41, 5.74) is 1.86. The zero-order valence-corrected chi connectivity index (χ0v) is 9.42. The van der Waals surface area contributed by atoms with Gasteiger partial charge in [-0.15, -0.1) is 0 Å². The molecule has 2 rings (SSSR count). The molecule has 0 aliphatic rings. The fourth-order valence-corrected chi connectivity index (χ4v) is 1.62. The molecule has 0 saturated heterocycles. The third kappa shape index (κ3) is 2.69. The Morgan fingerprint density at radius 1 is 1.47 bits per heavy atom. The first-order valence-electron chi connectivity index (χ1n) is 5.34. The second-order valence-electron chi connectivity index (χ2n) is 3.92. The van der Waals surface area contributed by atoms with Gasteiger partial charge in [0.05, 0.1) is 18.3 Å². The molecule has 17 heavy (non-hydrogen) atoms. The molecule has 2 aromatic heterocycles. The van der Waals surface area contributed by atoms with Crippen LogP contribution in [0.2, 0.25) is 0 Å². The van der Waals surface area contributed by atoms with E-state index in [2.05, 4.69) is 15.0 Å². The van der Waals surface area contributed by atoms with Crippen LogP contribution in [0.1, 0.15) is 25.1 Å². The molecular weight excluding hydrogens is 218 g/mol. The highest BCUT2D eigenvalue weighted by molar-refractivity contribution is 5.67. The molecule has 2 N–H and O–H groups in total. The van der Waals surface area contributed by atoms with E-state index in [4.69, 9.17) is 5.11 Å². The molecule has 2 heterocycles. The molecule has 0 bridgehead atoms. The average Bonchev–Trinajstić information content (AvgIpc) is 2.78. The molecule has 2 aromatic rings. The van der Waals surface area contributed by atoms with E-state index < -0.39 is 5.97 Å². The van der Waals surface area contributed by atoms with Gasteiger partial charge >= 0.3 is 5.97 Å². The Kier molecular flexibility index (Phi) is 3.18. The van der Waals surface area contributed by atoms with Crippen molar-refractivity contribution in [2.24, 2.45) is 0 Å². The number of pyridine rings is 1. The quantitative estimate of drug-likeness (QED) is 0.844. The van der Waals surface area contributed by atoms with Gasteiger partial charge in [0.2, 0.25) is 0 Å². The van der Waals surface area contributed by atoms with Crippen molar-refractivity contribution in [3.8, 4) is 11.3 Å². The zero-order valence-electron chi connectivity index (χ0n) is 9.42. The van der Waals surface area contributed by atoms with Crippen molar-refractivity contribution in [1.29, 1.82) is 0 Å². The third-order valence-corrected chi connectivity index (χ3v) is 2.53. The summed E-state index contributed by atoms with van der Waals surface area (Å²) in [4.78, 5) is 21.9. The van der Waals surface area contributed by atoms with Crippen LogP contribution in [0.5, 0.6) is 0 Å². The largest absolute Gasteiger partial charge is 0.481 e. The van der Waals surface area contributed by atoms with Gasteiger partial charge in [0.25, 0.3) is 0 Å². The maximum Gasteiger partial charge on any atom is 0.304 e. The van der Waals surface area contributed by atoms with E-state index >= 15 is 0 Å². The van der Waals surface area contributed by atoms with Gasteiger partial charge in [0, 0.05) is 23.9 Å². The molecule has 0 saturated carbocycles. The molecule has 5 heteroatoms. The molecule has 0 radical (unpaired) electrons. The van der Waals surface area contributed by atoms with Crippen molar-refractivity contribution in [1.82, 2.24) is 15.0 Å². The number of carboxylic acids is 1. The number of carbonyl (C=O) groups is 1. The van der Waals surface area contributed by atoms with Crippen LogP contribution in [-0.4, -0.2) is 26.0 Å². The lowest BCUT2D eigenvalue weighted by Gasteiger charge is -2.04. The van der Waals surface area contributed by atoms with Gasteiger partial charge in [-0.25, -0.2) is 4.98 Å². The van der Waals surface area contributed by atoms with E-state index in [1.807, 2.05) is 19.1 Å². The number of aromatic nitrogens is 3. The molecule has 1 atom stereocenters. The number of hydrogen-bond acceptors (Lipinski definition) is 3. The minimum absolute atomic E-state index is 0.0727. The first-order valence-corrected chi connectivity index (χ1v) is 5.34. The van der Waals surface area contributed by atoms with Crippen molar-refractivity contribution in [3.63, 3.8) is 0 Å². The molecule has 0 aliphatic carbocycles. The summed E-state index contributed by atoms with van der Waals surface area (Å²) in [6.07, 6.45) is 5.19. The summed E-state index contributed by atoms with van der Waals surface area (Å²) in [6, 6.07) is 3.75. The lowest BCUT2D eigenvalue weighted by molar-refractivity contribution is -0.137. The number of nitrogens with one attached hydrogen (secondary N) is 1. The standard InChI is InChI=1S/C12H13N3O2/c1-8(6-11(16)17)12-14-7-10(15-12)9-2-4-13-5-3-9/h2-5,7-8H,6H2,1H3,(H,14,15)(H,16,17). The number of rotatable bonds is 4. The summed E-state index contributed by atoms with van der Waals surface area (Å²) >= 11 is 0. The fraction of sp³-hybridized carbons (Fsp3) is 0.250. The Balaban J connectivity index is 2.19. The van der Waals surface area contributed by atoms with Crippen LogP contribution < -0.4 is 0 Å². The Morgan fingerprint density at radius 3 is 2.82 bits per heavy atom. The average molecular weight is 231 g/mol. The van der Waals surface area contributed by atoms with Crippen LogP contribution in [0.4, 0.5) is 0 Å². The van der Waals surface area contributed by atoms with Gasteiger partial charge in [-0.3, -0.25) is 9.78 Å². The highest BCUT2D eigenvalue weighted by Gasteiger charge is 2.13. The second kappa shape index (κ2) is 4.78. The summed E-state index contributed by atoms with van der Waals surface area (Å²) in [6.45, 7) is 1.84. The van der Waals surface area contributed by atoms with Crippen LogP contribution in [0.25, 0.3) is 11.3 Å². The lowest BCUT2D eigenvalue weighted by Crippen LogP contribution is -2.04. The van der Waals surface area contributed by atoms with Gasteiger partial charge in [-0.05, 0) is 12.1 Å². The van der Waals surface area contributed by atoms with E-state index in [-0.39, 0.29) is 12.3 Å². The molecule has 88 valence electrons. The first-order chi connectivity index (χ1) is 8.16. The number of aromatic amines is 1. The highest BCUT2D eigenvalue weighted by Crippen LogP contribution is 2.20. The normalized spacial score (nSPS) is 12.3. The highest BCUT2D eigenvalue weighted by atomic mass is 16.4. The Hall–Kier alpha value is -2.17. The maximum absolute atomic E-state index is 10.6. The predicted molar refractivity (Wildman–Crippen MR) is 62.5 cm³/mol. The Labute approximate surface area is 98.6 Å². The minimum atomic E-state index is -0.820. The van der Waals surface area contributed by atoms with E-state index in [9.17, 15) is 4.79 Å². The van der Waals surface area contributed by atoms with Crippen molar-refractivity contribution in [3.05, 3.63) is 36.5 Å². The number of hydrogen-bond donors (Lipinski definition) is 2. The van der Waals surface area contributed by atoms with Gasteiger partial charge in [-0.2, -0.15) is 0 Å². The van der Waals surface area contributed by atoms with Gasteiger partial charge in [0.1, 0.15) is 5.82 Å². The molecule has 0 spiro atoms. The fourth-order valence-electron chi connectivity index (χ4n) is 1.62. The number of nitrogens with zero attached hydrogens (tertiary/aromatic N) is 2. The predicted octanol–water partition coefficient (Wildman–Crippen LogP) is 2.05. The summed E-state index contributed by atoms with van der Waals surface area (Å²) < 4.78 is 0. The van der Waals surface area contributed by atoms with Crippen molar-refractivity contribution in [2.45, 2.75) is 19.3 Å². The number of H-pyrrole nitrogens is 1. The van der Waals surface area contributed by atoms with E-state index in [1.54, 1.807) is 18.6 Å². The van der Waals surface area contributed by atoms with E-state index in [0.717, 1.165) is 11.3 Å². The lowest BCUT2D eigenvalue weighted by atomic mass is 10.1. The van der Waals surface area contributed by atoms with E-state index in [1.165, 1.54) is 0 Å². The van der Waals surface area contributed by atoms with Crippen LogP contribution in [0.15, 0.2) is 30.7 Å². The molecule has 0 aromatic carbocycles. The molecular formula is C12H13N3O2. The van der Waals surface area contributed by atoms with Crippen LogP contribution in [-0.2, 0) is 4.79 Å². The Morgan fingerprint density at radius 2 is 2.18 bits per heavy atom. The van der Waals surface area contributed by atoms with Crippen molar-refractivity contribution >= 4 is 5.97 Å². The number of carboxylic acid groups (broad SMARTS) is 1. The van der Waals surface area contributed by atoms with Crippen LogP contribution >= 0.6 is 0 Å². The second-order valence-corrected chi connectivity index (χ2v) is 3.92. The van der Waals surface area contributed by atoms with Crippen LogP contribution in [0, 0.1) is 0 Å². The molecule has 5 nitrogen and oxygen atoms in total. The topological polar surface area (TPSA) is 78.9 Å². The monoisotopic (exact) mass is 231 g/mol. The zero-order chi connectivity index (χ0) is 12.3. The number of imidazole rings is 1. The number of aliphatic carboxylic acids is 1. The minimum Gasteiger partial charge on any atom is -0.481 e. The first kappa shape index (κ1) is 11.3. The van der Waals surface area contributed by atoms with Crippen molar-refractivity contribution < 1.29 is 9.90 Å². The van der Waals surface area contributed by atoms with Gasteiger partial charge in [0.15, 0.2) is 0 Å². The van der Waals surface area contributed by atoms with Crippen molar-refractivity contribution in [2.75, 3.05) is 0 Å². The smallest absolute Gasteiger partial charge is 0.304 e. The summed E-state index contributed by atoms with van der Waals surface area (Å²) in [7, 11) is 0. The maximum atomic E-state index is 10.6. The van der Waals surface area contributed by atoms with Gasteiger partial charge < -0.3 is 10.1 Å². The third-order valence-electron chi connectivity index (χ3n) is 2.53.